The fraction of sp³-hybridized carbons (Fsp3) is 0.571. The molecule has 0 saturated heterocycles. The minimum Gasteiger partial charge on any atom is -0.396 e. The molecule has 0 spiro atoms. The van der Waals surface area contributed by atoms with Crippen LogP contribution in [0, 0.1) is 0 Å². The Balaban J connectivity index is 0.00000121. The van der Waals surface area contributed by atoms with Gasteiger partial charge in [-0.2, -0.15) is 0 Å². The minimum atomic E-state index is 0.257. The van der Waals surface area contributed by atoms with Crippen LogP contribution >= 0.6 is 0 Å². The molecule has 1 rings (SSSR count). The predicted molar refractivity (Wildman–Crippen MR) is 75.5 cm³/mol. The summed E-state index contributed by atoms with van der Waals surface area (Å²) < 4.78 is 0. The number of hydrogen-bond donors (Lipinski definition) is 3. The second kappa shape index (κ2) is 10.1. The van der Waals surface area contributed by atoms with Crippen LogP contribution in [0.2, 0.25) is 0 Å². The topological polar surface area (TPSA) is 44.3 Å². The summed E-state index contributed by atoms with van der Waals surface area (Å²) in [5.41, 5.74) is 2.39. The van der Waals surface area contributed by atoms with Gasteiger partial charge in [-0.3, -0.25) is 0 Å². The molecular formula is C14H26N2O. The number of rotatable bonds is 6. The van der Waals surface area contributed by atoms with Gasteiger partial charge in [0.15, 0.2) is 0 Å². The lowest BCUT2D eigenvalue weighted by atomic mass is 10.0. The summed E-state index contributed by atoms with van der Waals surface area (Å²) in [6.07, 6.45) is 1.80. The largest absolute Gasteiger partial charge is 0.396 e. The van der Waals surface area contributed by atoms with E-state index in [9.17, 15) is 0 Å². The zero-order chi connectivity index (χ0) is 13.1. The molecule has 1 atom stereocenters. The van der Waals surface area contributed by atoms with E-state index in [1.807, 2.05) is 27.9 Å². The molecule has 17 heavy (non-hydrogen) atoms. The second-order valence-corrected chi connectivity index (χ2v) is 3.58. The van der Waals surface area contributed by atoms with Crippen molar-refractivity contribution in [1.82, 2.24) is 5.32 Å². The Kier molecular flexibility index (Phi) is 9.49. The number of hydrogen-bond acceptors (Lipinski definition) is 3. The number of nitrogens with one attached hydrogen (secondary N) is 2. The van der Waals surface area contributed by atoms with E-state index in [1.54, 1.807) is 0 Å². The molecule has 1 aromatic carbocycles. The van der Waals surface area contributed by atoms with E-state index in [0.717, 1.165) is 18.5 Å². The van der Waals surface area contributed by atoms with Crippen LogP contribution in [-0.4, -0.2) is 25.8 Å². The van der Waals surface area contributed by atoms with Gasteiger partial charge in [0.1, 0.15) is 0 Å². The smallest absolute Gasteiger partial charge is 0.0431 e. The Bertz CT molecular complexity index is 272. The number of aliphatic hydroxyl groups is 1. The van der Waals surface area contributed by atoms with E-state index < -0.39 is 0 Å². The molecule has 0 fully saturated rings. The van der Waals surface area contributed by atoms with E-state index in [1.165, 1.54) is 5.56 Å². The highest BCUT2D eigenvalue weighted by Crippen LogP contribution is 2.19. The molecule has 0 amide bonds. The zero-order valence-corrected chi connectivity index (χ0v) is 11.5. The lowest BCUT2D eigenvalue weighted by molar-refractivity contribution is 0.276. The van der Waals surface area contributed by atoms with Crippen molar-refractivity contribution < 1.29 is 5.11 Å². The van der Waals surface area contributed by atoms with Gasteiger partial charge in [-0.05, 0) is 37.6 Å². The highest BCUT2D eigenvalue weighted by molar-refractivity contribution is 5.44. The Morgan fingerprint density at radius 2 is 1.71 bits per heavy atom. The summed E-state index contributed by atoms with van der Waals surface area (Å²) in [5, 5.41) is 15.2. The summed E-state index contributed by atoms with van der Waals surface area (Å²) in [6, 6.07) is 8.70. The van der Waals surface area contributed by atoms with Crippen molar-refractivity contribution in [2.45, 2.75) is 32.7 Å². The van der Waals surface area contributed by atoms with Gasteiger partial charge in [-0.25, -0.2) is 0 Å². The van der Waals surface area contributed by atoms with Gasteiger partial charge in [0.2, 0.25) is 0 Å². The summed E-state index contributed by atoms with van der Waals surface area (Å²) in [5.74, 6) is 0. The van der Waals surface area contributed by atoms with Crippen molar-refractivity contribution in [3.8, 4) is 0 Å². The lowest BCUT2D eigenvalue weighted by Gasteiger charge is -2.16. The summed E-state index contributed by atoms with van der Waals surface area (Å²) >= 11 is 0. The SMILES string of the molecule is CC.CNc1ccc(C(CCCO)NC)cc1. The Morgan fingerprint density at radius 1 is 1.12 bits per heavy atom. The monoisotopic (exact) mass is 238 g/mol. The minimum absolute atomic E-state index is 0.257. The fourth-order valence-corrected chi connectivity index (χ4v) is 1.66. The molecule has 0 aromatic heterocycles. The van der Waals surface area contributed by atoms with Gasteiger partial charge in [-0.15, -0.1) is 0 Å². The van der Waals surface area contributed by atoms with Crippen LogP contribution in [-0.2, 0) is 0 Å². The van der Waals surface area contributed by atoms with Crippen molar-refractivity contribution in [2.75, 3.05) is 26.0 Å². The van der Waals surface area contributed by atoms with Gasteiger partial charge >= 0.3 is 0 Å². The third-order valence-electron chi connectivity index (χ3n) is 2.60. The van der Waals surface area contributed by atoms with Crippen LogP contribution in [0.4, 0.5) is 5.69 Å². The molecule has 3 N–H and O–H groups in total. The molecule has 1 aromatic rings. The van der Waals surface area contributed by atoms with Crippen molar-refractivity contribution >= 4 is 5.69 Å². The molecule has 0 aliphatic heterocycles. The van der Waals surface area contributed by atoms with Crippen LogP contribution in [0.25, 0.3) is 0 Å². The molecule has 0 heterocycles. The van der Waals surface area contributed by atoms with Gasteiger partial charge in [0.25, 0.3) is 0 Å². The fourth-order valence-electron chi connectivity index (χ4n) is 1.66. The highest BCUT2D eigenvalue weighted by Gasteiger charge is 2.07. The molecule has 98 valence electrons. The highest BCUT2D eigenvalue weighted by atomic mass is 16.2. The molecule has 0 aliphatic rings. The first kappa shape index (κ1) is 15.9. The summed E-state index contributed by atoms with van der Waals surface area (Å²) in [7, 11) is 3.87. The Labute approximate surface area is 105 Å². The molecular weight excluding hydrogens is 212 g/mol. The maximum absolute atomic E-state index is 8.80. The first-order valence-electron chi connectivity index (χ1n) is 6.37. The van der Waals surface area contributed by atoms with Crippen LogP contribution in [0.1, 0.15) is 38.3 Å². The molecule has 0 bridgehead atoms. The molecule has 3 heteroatoms. The second-order valence-electron chi connectivity index (χ2n) is 3.58. The summed E-state index contributed by atoms with van der Waals surface area (Å²) in [6.45, 7) is 4.26. The van der Waals surface area contributed by atoms with Crippen molar-refractivity contribution in [3.05, 3.63) is 29.8 Å². The van der Waals surface area contributed by atoms with E-state index in [2.05, 4.69) is 34.9 Å². The van der Waals surface area contributed by atoms with Crippen molar-refractivity contribution in [3.63, 3.8) is 0 Å². The average Bonchev–Trinajstić information content (AvgIpc) is 2.42. The first-order chi connectivity index (χ1) is 8.31. The molecule has 0 radical (unpaired) electrons. The Hall–Kier alpha value is -1.06. The van der Waals surface area contributed by atoms with Crippen LogP contribution in [0.5, 0.6) is 0 Å². The third-order valence-corrected chi connectivity index (χ3v) is 2.60. The summed E-state index contributed by atoms with van der Waals surface area (Å²) in [4.78, 5) is 0. The molecule has 0 aliphatic carbocycles. The lowest BCUT2D eigenvalue weighted by Crippen LogP contribution is -2.16. The van der Waals surface area contributed by atoms with E-state index in [-0.39, 0.29) is 6.61 Å². The predicted octanol–water partition coefficient (Wildman–Crippen LogP) is 2.79. The number of aliphatic hydroxyl groups excluding tert-OH is 1. The van der Waals surface area contributed by atoms with Gasteiger partial charge in [0.05, 0.1) is 0 Å². The van der Waals surface area contributed by atoms with Crippen molar-refractivity contribution in [2.24, 2.45) is 0 Å². The van der Waals surface area contributed by atoms with E-state index in [0.29, 0.717) is 6.04 Å². The number of anilines is 1. The normalized spacial score (nSPS) is 11.4. The first-order valence-corrected chi connectivity index (χ1v) is 6.37. The van der Waals surface area contributed by atoms with Gasteiger partial charge in [0, 0.05) is 25.4 Å². The van der Waals surface area contributed by atoms with Gasteiger partial charge < -0.3 is 15.7 Å². The quantitative estimate of drug-likeness (QED) is 0.714. The van der Waals surface area contributed by atoms with Crippen LogP contribution < -0.4 is 10.6 Å². The maximum atomic E-state index is 8.80. The van der Waals surface area contributed by atoms with E-state index >= 15 is 0 Å². The third kappa shape index (κ3) is 5.71. The van der Waals surface area contributed by atoms with Crippen LogP contribution in [0.15, 0.2) is 24.3 Å². The molecule has 0 saturated carbocycles. The average molecular weight is 238 g/mol. The maximum Gasteiger partial charge on any atom is 0.0431 e. The Morgan fingerprint density at radius 3 is 2.12 bits per heavy atom. The van der Waals surface area contributed by atoms with Gasteiger partial charge in [-0.1, -0.05) is 26.0 Å². The standard InChI is InChI=1S/C12H20N2O.C2H6/c1-13-11-7-5-10(6-8-11)12(14-2)4-3-9-15;1-2/h5-8,12-15H,3-4,9H2,1-2H3;1-2H3. The molecule has 3 nitrogen and oxygen atoms in total. The zero-order valence-electron chi connectivity index (χ0n) is 11.5. The molecule has 1 unspecified atom stereocenters. The van der Waals surface area contributed by atoms with Crippen molar-refractivity contribution in [1.29, 1.82) is 0 Å². The van der Waals surface area contributed by atoms with Crippen LogP contribution in [0.3, 0.4) is 0 Å². The number of benzene rings is 1. The van der Waals surface area contributed by atoms with E-state index in [4.69, 9.17) is 5.11 Å².